The molecule has 0 amide bonds. The number of carbonyl (C=O) groups excluding carboxylic acids is 1. The molecule has 0 bridgehead atoms. The van der Waals surface area contributed by atoms with Gasteiger partial charge < -0.3 is 9.47 Å². The fraction of sp³-hybridized carbons (Fsp3) is 0.211. The summed E-state index contributed by atoms with van der Waals surface area (Å²) >= 11 is 1.32. The number of H-pyrrole nitrogens is 1. The summed E-state index contributed by atoms with van der Waals surface area (Å²) in [6.07, 6.45) is 0.643. The van der Waals surface area contributed by atoms with Crippen LogP contribution in [0.3, 0.4) is 0 Å². The lowest BCUT2D eigenvalue weighted by atomic mass is 10.1. The van der Waals surface area contributed by atoms with Crippen LogP contribution in [0.5, 0.6) is 11.5 Å². The SMILES string of the molecule is COc1ccc(Cc2nc(SCC(=O)c3ccc(OC)cc3)n[nH]2)cc1. The Morgan fingerprint density at radius 2 is 1.62 bits per heavy atom. The Balaban J connectivity index is 1.54. The fourth-order valence-corrected chi connectivity index (χ4v) is 3.06. The number of hydrogen-bond donors (Lipinski definition) is 1. The van der Waals surface area contributed by atoms with Gasteiger partial charge in [-0.1, -0.05) is 23.9 Å². The van der Waals surface area contributed by atoms with Crippen LogP contribution in [0.1, 0.15) is 21.7 Å². The van der Waals surface area contributed by atoms with E-state index in [1.165, 1.54) is 11.8 Å². The van der Waals surface area contributed by atoms with E-state index in [1.54, 1.807) is 38.5 Å². The van der Waals surface area contributed by atoms with Crippen molar-refractivity contribution in [3.05, 3.63) is 65.5 Å². The second kappa shape index (κ2) is 8.53. The third-order valence-corrected chi connectivity index (χ3v) is 4.63. The van der Waals surface area contributed by atoms with Crippen molar-refractivity contribution in [1.29, 1.82) is 0 Å². The molecule has 0 spiro atoms. The van der Waals surface area contributed by atoms with Crippen LogP contribution in [0.25, 0.3) is 0 Å². The summed E-state index contributed by atoms with van der Waals surface area (Å²) in [6.45, 7) is 0. The van der Waals surface area contributed by atoms with E-state index in [0.29, 0.717) is 17.1 Å². The number of carbonyl (C=O) groups is 1. The molecule has 6 nitrogen and oxygen atoms in total. The van der Waals surface area contributed by atoms with E-state index in [9.17, 15) is 4.79 Å². The van der Waals surface area contributed by atoms with Gasteiger partial charge in [-0.15, -0.1) is 5.10 Å². The van der Waals surface area contributed by atoms with E-state index >= 15 is 0 Å². The predicted octanol–water partition coefficient (Wildman–Crippen LogP) is 3.39. The summed E-state index contributed by atoms with van der Waals surface area (Å²) in [4.78, 5) is 16.7. The largest absolute Gasteiger partial charge is 0.497 e. The molecule has 1 N–H and O–H groups in total. The molecule has 0 saturated heterocycles. The number of hydrogen-bond acceptors (Lipinski definition) is 6. The van der Waals surface area contributed by atoms with Crippen LogP contribution in [-0.4, -0.2) is 40.9 Å². The molecule has 3 rings (SSSR count). The van der Waals surface area contributed by atoms with Crippen molar-refractivity contribution in [1.82, 2.24) is 15.2 Å². The van der Waals surface area contributed by atoms with Crippen molar-refractivity contribution >= 4 is 17.5 Å². The van der Waals surface area contributed by atoms with Gasteiger partial charge in [0.2, 0.25) is 5.16 Å². The first-order valence-electron chi connectivity index (χ1n) is 8.02. The molecule has 7 heteroatoms. The summed E-state index contributed by atoms with van der Waals surface area (Å²) in [5.41, 5.74) is 1.75. The number of Topliss-reactive ketones (excluding diaryl/α,β-unsaturated/α-hetero) is 1. The van der Waals surface area contributed by atoms with Gasteiger partial charge >= 0.3 is 0 Å². The minimum absolute atomic E-state index is 0.0270. The highest BCUT2D eigenvalue weighted by Crippen LogP contribution is 2.18. The molecule has 134 valence electrons. The van der Waals surface area contributed by atoms with Crippen molar-refractivity contribution in [3.8, 4) is 11.5 Å². The molecule has 0 radical (unpaired) electrons. The molecule has 0 atom stereocenters. The number of nitrogens with one attached hydrogen (secondary N) is 1. The van der Waals surface area contributed by atoms with Crippen LogP contribution in [0.4, 0.5) is 0 Å². The first-order chi connectivity index (χ1) is 12.7. The van der Waals surface area contributed by atoms with E-state index in [0.717, 1.165) is 22.9 Å². The van der Waals surface area contributed by atoms with Gasteiger partial charge in [-0.05, 0) is 42.0 Å². The number of methoxy groups -OCH3 is 2. The monoisotopic (exact) mass is 369 g/mol. The summed E-state index contributed by atoms with van der Waals surface area (Å²) < 4.78 is 10.2. The Morgan fingerprint density at radius 3 is 2.23 bits per heavy atom. The predicted molar refractivity (Wildman–Crippen MR) is 100 cm³/mol. The molecule has 26 heavy (non-hydrogen) atoms. The van der Waals surface area contributed by atoms with Gasteiger partial charge in [-0.25, -0.2) is 4.98 Å². The van der Waals surface area contributed by atoms with Gasteiger partial charge in [0.05, 0.1) is 20.0 Å². The maximum Gasteiger partial charge on any atom is 0.208 e. The molecule has 0 fully saturated rings. The lowest BCUT2D eigenvalue weighted by Gasteiger charge is -2.02. The normalized spacial score (nSPS) is 10.5. The van der Waals surface area contributed by atoms with Gasteiger partial charge in [0.15, 0.2) is 5.78 Å². The number of ether oxygens (including phenoxy) is 2. The fourth-order valence-electron chi connectivity index (χ4n) is 2.35. The lowest BCUT2D eigenvalue weighted by Crippen LogP contribution is -2.02. The third-order valence-electron chi connectivity index (χ3n) is 3.79. The Kier molecular flexibility index (Phi) is 5.91. The number of aromatic nitrogens is 3. The van der Waals surface area contributed by atoms with Crippen LogP contribution in [0.15, 0.2) is 53.7 Å². The van der Waals surface area contributed by atoms with Gasteiger partial charge in [0.1, 0.15) is 17.3 Å². The Morgan fingerprint density at radius 1 is 1.00 bits per heavy atom. The zero-order chi connectivity index (χ0) is 18.4. The van der Waals surface area contributed by atoms with Crippen LogP contribution in [0.2, 0.25) is 0 Å². The molecule has 0 aliphatic carbocycles. The molecular weight excluding hydrogens is 350 g/mol. The topological polar surface area (TPSA) is 77.1 Å². The van der Waals surface area contributed by atoms with Crippen molar-refractivity contribution in [2.24, 2.45) is 0 Å². The number of benzene rings is 2. The molecule has 3 aromatic rings. The zero-order valence-corrected chi connectivity index (χ0v) is 15.4. The quantitative estimate of drug-likeness (QED) is 0.484. The van der Waals surface area contributed by atoms with Crippen molar-refractivity contribution < 1.29 is 14.3 Å². The standard InChI is InChI=1S/C19H19N3O3S/c1-24-15-7-3-13(4-8-15)11-18-20-19(22-21-18)26-12-17(23)14-5-9-16(25-2)10-6-14/h3-10H,11-12H2,1-2H3,(H,20,21,22). The highest BCUT2D eigenvalue weighted by atomic mass is 32.2. The maximum absolute atomic E-state index is 12.2. The second-order valence-corrected chi connectivity index (χ2v) is 6.47. The van der Waals surface area contributed by atoms with Crippen LogP contribution >= 0.6 is 11.8 Å². The summed E-state index contributed by atoms with van der Waals surface area (Å²) in [5, 5.41) is 7.65. The molecule has 1 aromatic heterocycles. The maximum atomic E-state index is 12.2. The number of aromatic amines is 1. The summed E-state index contributed by atoms with van der Waals surface area (Å²) in [7, 11) is 3.24. The highest BCUT2D eigenvalue weighted by molar-refractivity contribution is 7.99. The molecule has 2 aromatic carbocycles. The van der Waals surface area contributed by atoms with E-state index in [1.807, 2.05) is 24.3 Å². The molecule has 0 unspecified atom stereocenters. The molecule has 0 aliphatic heterocycles. The first-order valence-corrected chi connectivity index (χ1v) is 9.01. The lowest BCUT2D eigenvalue weighted by molar-refractivity contribution is 0.102. The van der Waals surface area contributed by atoms with Crippen molar-refractivity contribution in [2.45, 2.75) is 11.6 Å². The van der Waals surface area contributed by atoms with Crippen LogP contribution < -0.4 is 9.47 Å². The number of thioether (sulfide) groups is 1. The van der Waals surface area contributed by atoms with Crippen molar-refractivity contribution in [3.63, 3.8) is 0 Å². The highest BCUT2D eigenvalue weighted by Gasteiger charge is 2.10. The molecule has 0 saturated carbocycles. The zero-order valence-electron chi connectivity index (χ0n) is 14.6. The van der Waals surface area contributed by atoms with E-state index in [2.05, 4.69) is 15.2 Å². The summed E-state index contributed by atoms with van der Waals surface area (Å²) in [6, 6.07) is 14.9. The first kappa shape index (κ1) is 18.0. The van der Waals surface area contributed by atoms with Gasteiger partial charge in [-0.3, -0.25) is 9.89 Å². The molecular formula is C19H19N3O3S. The average Bonchev–Trinajstić information content (AvgIpc) is 3.14. The summed E-state index contributed by atoms with van der Waals surface area (Å²) in [5.74, 6) is 2.62. The second-order valence-electron chi connectivity index (χ2n) is 5.53. The molecule has 1 heterocycles. The van der Waals surface area contributed by atoms with Crippen LogP contribution in [-0.2, 0) is 6.42 Å². The van der Waals surface area contributed by atoms with E-state index in [4.69, 9.17) is 9.47 Å². The third kappa shape index (κ3) is 4.64. The van der Waals surface area contributed by atoms with Gasteiger partial charge in [0, 0.05) is 12.0 Å². The molecule has 0 aliphatic rings. The van der Waals surface area contributed by atoms with E-state index in [-0.39, 0.29) is 11.5 Å². The smallest absolute Gasteiger partial charge is 0.208 e. The number of ketones is 1. The minimum Gasteiger partial charge on any atom is -0.497 e. The van der Waals surface area contributed by atoms with Crippen LogP contribution in [0, 0.1) is 0 Å². The Bertz CT molecular complexity index is 860. The van der Waals surface area contributed by atoms with Gasteiger partial charge in [0.25, 0.3) is 0 Å². The Hall–Kier alpha value is -2.80. The number of rotatable bonds is 8. The van der Waals surface area contributed by atoms with Gasteiger partial charge in [-0.2, -0.15) is 0 Å². The number of nitrogens with zero attached hydrogens (tertiary/aromatic N) is 2. The van der Waals surface area contributed by atoms with E-state index < -0.39 is 0 Å². The average molecular weight is 369 g/mol. The Labute approximate surface area is 155 Å². The minimum atomic E-state index is 0.0270. The van der Waals surface area contributed by atoms with Crippen molar-refractivity contribution in [2.75, 3.05) is 20.0 Å².